The van der Waals surface area contributed by atoms with Gasteiger partial charge in [0.15, 0.2) is 6.61 Å². The number of benzene rings is 2. The third-order valence-electron chi connectivity index (χ3n) is 5.15. The largest absolute Gasteiger partial charge is 0.482 e. The van der Waals surface area contributed by atoms with Crippen LogP contribution in [0.1, 0.15) is 31.7 Å². The van der Waals surface area contributed by atoms with Crippen molar-refractivity contribution in [1.29, 1.82) is 0 Å². The summed E-state index contributed by atoms with van der Waals surface area (Å²) in [5.41, 5.74) is 1.51. The molecule has 0 saturated carbocycles. The lowest BCUT2D eigenvalue weighted by atomic mass is 10.1. The van der Waals surface area contributed by atoms with Crippen LogP contribution in [0.5, 0.6) is 5.75 Å². The molecule has 3 aromatic rings. The standard InChI is InChI=1S/C24H26ClFN4O4/c1-4-30(5-2)23(32)14-33-20-9-8-17(13-18(20)25)27-21(31)10-11-22-28-24(29-34-22)16-7-6-15(3)19(26)12-16/h6-9,12-13H,4-5,10-11,14H2,1-3H3,(H,27,31). The fraction of sp³-hybridized carbons (Fsp3) is 0.333. The smallest absolute Gasteiger partial charge is 0.260 e. The summed E-state index contributed by atoms with van der Waals surface area (Å²) in [5.74, 6) is 0.125. The van der Waals surface area contributed by atoms with Crippen molar-refractivity contribution in [1.82, 2.24) is 15.0 Å². The SMILES string of the molecule is CCN(CC)C(=O)COc1ccc(NC(=O)CCc2nc(-c3ccc(C)c(F)c3)no2)cc1Cl. The normalized spacial score (nSPS) is 10.7. The molecule has 3 rings (SSSR count). The van der Waals surface area contributed by atoms with Gasteiger partial charge >= 0.3 is 0 Å². The first-order chi connectivity index (χ1) is 16.3. The number of hydrogen-bond acceptors (Lipinski definition) is 6. The van der Waals surface area contributed by atoms with Gasteiger partial charge in [-0.1, -0.05) is 28.9 Å². The zero-order valence-electron chi connectivity index (χ0n) is 19.2. The molecule has 0 radical (unpaired) electrons. The summed E-state index contributed by atoms with van der Waals surface area (Å²) >= 11 is 6.24. The van der Waals surface area contributed by atoms with Gasteiger partial charge < -0.3 is 19.5 Å². The van der Waals surface area contributed by atoms with E-state index in [4.69, 9.17) is 20.9 Å². The maximum Gasteiger partial charge on any atom is 0.260 e. The van der Waals surface area contributed by atoms with E-state index in [9.17, 15) is 14.0 Å². The topological polar surface area (TPSA) is 97.6 Å². The fourth-order valence-corrected chi connectivity index (χ4v) is 3.39. The minimum atomic E-state index is -0.353. The van der Waals surface area contributed by atoms with Gasteiger partial charge in [-0.3, -0.25) is 9.59 Å². The minimum Gasteiger partial charge on any atom is -0.482 e. The zero-order chi connectivity index (χ0) is 24.7. The van der Waals surface area contributed by atoms with Crippen molar-refractivity contribution in [2.75, 3.05) is 25.0 Å². The first-order valence-corrected chi connectivity index (χ1v) is 11.3. The van der Waals surface area contributed by atoms with Crippen LogP contribution in [0.15, 0.2) is 40.9 Å². The van der Waals surface area contributed by atoms with E-state index in [0.29, 0.717) is 35.7 Å². The highest BCUT2D eigenvalue weighted by Gasteiger charge is 2.14. The molecule has 0 fully saturated rings. The Morgan fingerprint density at radius 1 is 1.18 bits per heavy atom. The molecule has 1 N–H and O–H groups in total. The number of rotatable bonds is 10. The average molecular weight is 489 g/mol. The number of hydrogen-bond donors (Lipinski definition) is 1. The minimum absolute atomic E-state index is 0.0954. The lowest BCUT2D eigenvalue weighted by Crippen LogP contribution is -2.34. The maximum absolute atomic E-state index is 13.8. The summed E-state index contributed by atoms with van der Waals surface area (Å²) in [6.45, 7) is 6.55. The van der Waals surface area contributed by atoms with Crippen molar-refractivity contribution in [3.63, 3.8) is 0 Å². The van der Waals surface area contributed by atoms with Crippen molar-refractivity contribution in [3.05, 3.63) is 58.7 Å². The third kappa shape index (κ3) is 6.54. The lowest BCUT2D eigenvalue weighted by molar-refractivity contribution is -0.133. The number of aryl methyl sites for hydroxylation is 2. The Kier molecular flexibility index (Phi) is 8.59. The van der Waals surface area contributed by atoms with Crippen molar-refractivity contribution in [2.45, 2.75) is 33.6 Å². The first kappa shape index (κ1) is 25.2. The van der Waals surface area contributed by atoms with E-state index < -0.39 is 0 Å². The zero-order valence-corrected chi connectivity index (χ0v) is 20.0. The summed E-state index contributed by atoms with van der Waals surface area (Å²) in [4.78, 5) is 30.3. The van der Waals surface area contributed by atoms with Gasteiger partial charge in [0.25, 0.3) is 5.91 Å². The van der Waals surface area contributed by atoms with Crippen LogP contribution in [-0.4, -0.2) is 46.6 Å². The quantitative estimate of drug-likeness (QED) is 0.446. The summed E-state index contributed by atoms with van der Waals surface area (Å²) in [5, 5.41) is 6.86. The number of amides is 2. The Balaban J connectivity index is 1.51. The molecule has 0 aliphatic carbocycles. The van der Waals surface area contributed by atoms with Gasteiger partial charge in [-0.05, 0) is 50.6 Å². The molecule has 0 atom stereocenters. The summed E-state index contributed by atoms with van der Waals surface area (Å²) < 4.78 is 24.4. The van der Waals surface area contributed by atoms with Crippen LogP contribution in [0.4, 0.5) is 10.1 Å². The van der Waals surface area contributed by atoms with Gasteiger partial charge in [0, 0.05) is 37.2 Å². The van der Waals surface area contributed by atoms with Gasteiger partial charge in [0.2, 0.25) is 17.6 Å². The molecule has 0 unspecified atom stereocenters. The van der Waals surface area contributed by atoms with Crippen molar-refractivity contribution in [3.8, 4) is 17.1 Å². The molecule has 180 valence electrons. The van der Waals surface area contributed by atoms with Crippen molar-refractivity contribution < 1.29 is 23.2 Å². The summed E-state index contributed by atoms with van der Waals surface area (Å²) in [6.07, 6.45) is 0.313. The maximum atomic E-state index is 13.8. The van der Waals surface area contributed by atoms with Gasteiger partial charge in [0.05, 0.1) is 5.02 Å². The third-order valence-corrected chi connectivity index (χ3v) is 5.44. The number of anilines is 1. The van der Waals surface area contributed by atoms with Gasteiger partial charge in [-0.15, -0.1) is 0 Å². The molecule has 34 heavy (non-hydrogen) atoms. The van der Waals surface area contributed by atoms with E-state index in [-0.39, 0.29) is 53.8 Å². The highest BCUT2D eigenvalue weighted by atomic mass is 35.5. The highest BCUT2D eigenvalue weighted by molar-refractivity contribution is 6.32. The van der Waals surface area contributed by atoms with Crippen molar-refractivity contribution >= 4 is 29.1 Å². The molecule has 2 aromatic carbocycles. The van der Waals surface area contributed by atoms with E-state index in [0.717, 1.165) is 0 Å². The van der Waals surface area contributed by atoms with Crippen LogP contribution in [-0.2, 0) is 16.0 Å². The molecule has 1 aromatic heterocycles. The Labute approximate surface area is 202 Å². The number of likely N-dealkylation sites (N-methyl/N-ethyl adjacent to an activating group) is 1. The molecule has 0 bridgehead atoms. The Morgan fingerprint density at radius 2 is 1.94 bits per heavy atom. The highest BCUT2D eigenvalue weighted by Crippen LogP contribution is 2.28. The van der Waals surface area contributed by atoms with Crippen LogP contribution in [0, 0.1) is 12.7 Å². The van der Waals surface area contributed by atoms with Crippen LogP contribution >= 0.6 is 11.6 Å². The molecule has 0 spiro atoms. The molecule has 0 saturated heterocycles. The average Bonchev–Trinajstić information content (AvgIpc) is 3.29. The molecule has 0 aliphatic heterocycles. The molecule has 10 heteroatoms. The Bertz CT molecular complexity index is 1160. The van der Waals surface area contributed by atoms with E-state index in [1.54, 1.807) is 42.2 Å². The van der Waals surface area contributed by atoms with Gasteiger partial charge in [0.1, 0.15) is 11.6 Å². The van der Waals surface area contributed by atoms with E-state index in [1.807, 2.05) is 13.8 Å². The summed E-state index contributed by atoms with van der Waals surface area (Å²) in [7, 11) is 0. The first-order valence-electron chi connectivity index (χ1n) is 10.9. The van der Waals surface area contributed by atoms with E-state index in [2.05, 4.69) is 15.5 Å². The molecule has 1 heterocycles. The van der Waals surface area contributed by atoms with Crippen LogP contribution < -0.4 is 10.1 Å². The van der Waals surface area contributed by atoms with Crippen LogP contribution in [0.25, 0.3) is 11.4 Å². The van der Waals surface area contributed by atoms with E-state index in [1.165, 1.54) is 6.07 Å². The van der Waals surface area contributed by atoms with Crippen molar-refractivity contribution in [2.24, 2.45) is 0 Å². The number of nitrogens with zero attached hydrogens (tertiary/aromatic N) is 3. The predicted molar refractivity (Wildman–Crippen MR) is 126 cm³/mol. The van der Waals surface area contributed by atoms with Crippen LogP contribution in [0.3, 0.4) is 0 Å². The number of halogens is 2. The molecular weight excluding hydrogens is 463 g/mol. The molecule has 0 aliphatic rings. The second-order valence-electron chi connectivity index (χ2n) is 7.52. The molecule has 8 nitrogen and oxygen atoms in total. The van der Waals surface area contributed by atoms with E-state index >= 15 is 0 Å². The fourth-order valence-electron chi connectivity index (χ4n) is 3.15. The van der Waals surface area contributed by atoms with Crippen LogP contribution in [0.2, 0.25) is 5.02 Å². The molecule has 2 amide bonds. The number of nitrogens with one attached hydrogen (secondary N) is 1. The lowest BCUT2D eigenvalue weighted by Gasteiger charge is -2.19. The number of aromatic nitrogens is 2. The molecular formula is C24H26ClFN4O4. The monoisotopic (exact) mass is 488 g/mol. The number of carbonyl (C=O) groups is 2. The predicted octanol–water partition coefficient (Wildman–Crippen LogP) is 4.66. The number of carbonyl (C=O) groups excluding carboxylic acids is 2. The second-order valence-corrected chi connectivity index (χ2v) is 7.93. The Morgan fingerprint density at radius 3 is 2.62 bits per heavy atom. The van der Waals surface area contributed by atoms with Gasteiger partial charge in [-0.25, -0.2) is 4.39 Å². The number of ether oxygens (including phenoxy) is 1. The van der Waals surface area contributed by atoms with Gasteiger partial charge in [-0.2, -0.15) is 4.98 Å². The summed E-state index contributed by atoms with van der Waals surface area (Å²) in [6, 6.07) is 9.46. The Hall–Kier alpha value is -3.46. The second kappa shape index (κ2) is 11.6.